The molecule has 1 aromatic heterocycles. The highest BCUT2D eigenvalue weighted by Crippen LogP contribution is 2.50. The number of amides is 2. The largest absolute Gasteiger partial charge is 0.446 e. The van der Waals surface area contributed by atoms with Gasteiger partial charge in [-0.3, -0.25) is 5.32 Å². The van der Waals surface area contributed by atoms with Crippen LogP contribution < -0.4 is 15.5 Å². The summed E-state index contributed by atoms with van der Waals surface area (Å²) >= 11 is 0. The van der Waals surface area contributed by atoms with Crippen LogP contribution >= 0.6 is 9.24 Å². The summed E-state index contributed by atoms with van der Waals surface area (Å²) in [5.74, 6) is 0.773. The predicted octanol–water partition coefficient (Wildman–Crippen LogP) is 5.43. The van der Waals surface area contributed by atoms with Crippen molar-refractivity contribution in [3.63, 3.8) is 0 Å². The first kappa shape index (κ1) is 26.7. The van der Waals surface area contributed by atoms with E-state index in [1.54, 1.807) is 4.90 Å². The molecule has 3 heterocycles. The van der Waals surface area contributed by atoms with Crippen LogP contribution in [0.1, 0.15) is 53.9 Å². The summed E-state index contributed by atoms with van der Waals surface area (Å²) in [5, 5.41) is 4.11. The van der Waals surface area contributed by atoms with Gasteiger partial charge in [-0.1, -0.05) is 38.1 Å². The van der Waals surface area contributed by atoms with Gasteiger partial charge in [-0.05, 0) is 62.4 Å². The molecule has 3 aliphatic rings. The lowest BCUT2D eigenvalue weighted by Gasteiger charge is -2.57. The van der Waals surface area contributed by atoms with Crippen LogP contribution in [-0.4, -0.2) is 60.0 Å². The number of carbonyl (C=O) groups is 2. The van der Waals surface area contributed by atoms with Gasteiger partial charge < -0.3 is 19.3 Å². The molecule has 2 aliphatic heterocycles. The van der Waals surface area contributed by atoms with Crippen molar-refractivity contribution >= 4 is 38.2 Å². The van der Waals surface area contributed by atoms with Gasteiger partial charge in [0.25, 0.3) is 0 Å². The quantitative estimate of drug-likeness (QED) is 0.523. The molecule has 8 nitrogen and oxygen atoms in total. The number of hydrogen-bond donors (Lipinski definition) is 1. The van der Waals surface area contributed by atoms with Crippen LogP contribution in [0.3, 0.4) is 0 Å². The topological polar surface area (TPSA) is 84.0 Å². The third-order valence-corrected chi connectivity index (χ3v) is 8.19. The summed E-state index contributed by atoms with van der Waals surface area (Å²) in [6, 6.07) is 10.0. The Bertz CT molecular complexity index is 1230. The molecule has 38 heavy (non-hydrogen) atoms. The van der Waals surface area contributed by atoms with Crippen LogP contribution in [0, 0.1) is 10.8 Å². The maximum atomic E-state index is 13.2. The minimum Gasteiger partial charge on any atom is -0.446 e. The lowest BCUT2D eigenvalue weighted by Crippen LogP contribution is -2.66. The molecule has 0 radical (unpaired) electrons. The number of benzene rings is 1. The second-order valence-electron chi connectivity index (χ2n) is 12.9. The molecule has 1 saturated carbocycles. The minimum absolute atomic E-state index is 0.0337. The molecule has 2 saturated heterocycles. The van der Waals surface area contributed by atoms with Crippen molar-refractivity contribution in [2.24, 2.45) is 10.8 Å². The van der Waals surface area contributed by atoms with Crippen molar-refractivity contribution in [2.75, 3.05) is 36.4 Å². The number of nitrogens with one attached hydrogen (secondary N) is 1. The average Bonchev–Trinajstić information content (AvgIpc) is 3.13. The summed E-state index contributed by atoms with van der Waals surface area (Å²) in [6.45, 7) is 13.2. The summed E-state index contributed by atoms with van der Waals surface area (Å²) in [6.07, 6.45) is 3.46. The van der Waals surface area contributed by atoms with Gasteiger partial charge in [-0.25, -0.2) is 14.6 Å². The van der Waals surface area contributed by atoms with Crippen molar-refractivity contribution < 1.29 is 19.1 Å². The Morgan fingerprint density at radius 2 is 1.79 bits per heavy atom. The van der Waals surface area contributed by atoms with E-state index in [1.165, 1.54) is 0 Å². The van der Waals surface area contributed by atoms with Gasteiger partial charge in [0.05, 0.1) is 5.69 Å². The molecular weight excluding hydrogens is 499 g/mol. The van der Waals surface area contributed by atoms with E-state index in [0.29, 0.717) is 18.8 Å². The highest BCUT2D eigenvalue weighted by Gasteiger charge is 2.55. The normalized spacial score (nSPS) is 20.1. The van der Waals surface area contributed by atoms with E-state index in [1.807, 2.05) is 51.2 Å². The van der Waals surface area contributed by atoms with Gasteiger partial charge in [0, 0.05) is 43.4 Å². The van der Waals surface area contributed by atoms with E-state index in [0.717, 1.165) is 54.6 Å². The highest BCUT2D eigenvalue weighted by atomic mass is 31.0. The molecular formula is C29H39N4O4P. The lowest BCUT2D eigenvalue weighted by molar-refractivity contribution is -0.125. The summed E-state index contributed by atoms with van der Waals surface area (Å²) < 4.78 is 11.3. The number of carbonyl (C=O) groups excluding carboxylic acids is 2. The number of aromatic nitrogens is 1. The Labute approximate surface area is 227 Å². The Morgan fingerprint density at radius 1 is 1.08 bits per heavy atom. The second-order valence-corrected chi connectivity index (χ2v) is 13.5. The van der Waals surface area contributed by atoms with E-state index < -0.39 is 11.7 Å². The standard InChI is InChI=1S/C29H39N4O4P/c1-27(2,3)37-26(35)33-17-29(18-33)14-19(15-29)36-25(34)31-23-21(20-8-6-7-9-22(20)38)10-12-30-24(23)32-13-11-28(4,5)16-32/h6-10,12,19H,11,13-18,38H2,1-5H3,(H,31,34). The van der Waals surface area contributed by atoms with E-state index in [9.17, 15) is 9.59 Å². The van der Waals surface area contributed by atoms with Gasteiger partial charge in [-0.15, -0.1) is 9.24 Å². The van der Waals surface area contributed by atoms with Crippen LogP contribution in [0.5, 0.6) is 0 Å². The number of likely N-dealkylation sites (tertiary alicyclic amines) is 1. The Hall–Kier alpha value is -2.86. The van der Waals surface area contributed by atoms with E-state index in [-0.39, 0.29) is 23.0 Å². The third kappa shape index (κ3) is 5.61. The highest BCUT2D eigenvalue weighted by molar-refractivity contribution is 7.28. The zero-order chi connectivity index (χ0) is 27.3. The van der Waals surface area contributed by atoms with Crippen LogP contribution in [0.4, 0.5) is 21.1 Å². The molecule has 3 fully saturated rings. The number of hydrogen-bond acceptors (Lipinski definition) is 6. The number of anilines is 2. The molecule has 1 spiro atoms. The maximum absolute atomic E-state index is 13.2. The SMILES string of the molecule is CC1(C)CCN(c2nccc(-c3ccccc3P)c2NC(=O)OC2CC3(C2)CN(C(=O)OC(C)(C)C)C3)C1. The first-order valence-electron chi connectivity index (χ1n) is 13.4. The molecule has 204 valence electrons. The van der Waals surface area contributed by atoms with E-state index in [4.69, 9.17) is 14.5 Å². The summed E-state index contributed by atoms with van der Waals surface area (Å²) in [7, 11) is 2.78. The molecule has 2 amide bonds. The number of pyridine rings is 1. The van der Waals surface area contributed by atoms with Crippen LogP contribution in [0.15, 0.2) is 36.5 Å². The first-order chi connectivity index (χ1) is 17.8. The Morgan fingerprint density at radius 3 is 2.42 bits per heavy atom. The number of rotatable bonds is 4. The number of nitrogens with zero attached hydrogens (tertiary/aromatic N) is 3. The fraction of sp³-hybridized carbons (Fsp3) is 0.552. The molecule has 0 bridgehead atoms. The molecule has 1 aromatic carbocycles. The van der Waals surface area contributed by atoms with Crippen LogP contribution in [0.2, 0.25) is 0 Å². The molecule has 1 N–H and O–H groups in total. The number of ether oxygens (including phenoxy) is 2. The van der Waals surface area contributed by atoms with Crippen molar-refractivity contribution in [3.8, 4) is 11.1 Å². The van der Waals surface area contributed by atoms with Gasteiger partial charge in [0.1, 0.15) is 11.7 Å². The molecule has 2 aromatic rings. The lowest BCUT2D eigenvalue weighted by atomic mass is 9.62. The fourth-order valence-electron chi connectivity index (χ4n) is 5.82. The fourth-order valence-corrected chi connectivity index (χ4v) is 6.19. The smallest absolute Gasteiger partial charge is 0.412 e. The van der Waals surface area contributed by atoms with Crippen molar-refractivity contribution in [1.82, 2.24) is 9.88 Å². The zero-order valence-electron chi connectivity index (χ0n) is 23.0. The monoisotopic (exact) mass is 538 g/mol. The van der Waals surface area contributed by atoms with Crippen molar-refractivity contribution in [3.05, 3.63) is 36.5 Å². The van der Waals surface area contributed by atoms with Gasteiger partial charge in [0.2, 0.25) is 0 Å². The Balaban J connectivity index is 1.26. The van der Waals surface area contributed by atoms with Crippen molar-refractivity contribution in [1.29, 1.82) is 0 Å². The molecule has 5 rings (SSSR count). The van der Waals surface area contributed by atoms with E-state index in [2.05, 4.69) is 39.4 Å². The van der Waals surface area contributed by atoms with Crippen molar-refractivity contribution in [2.45, 2.75) is 65.6 Å². The Kier molecular flexibility index (Phi) is 6.83. The first-order valence-corrected chi connectivity index (χ1v) is 14.0. The zero-order valence-corrected chi connectivity index (χ0v) is 24.2. The van der Waals surface area contributed by atoms with Crippen LogP contribution in [-0.2, 0) is 9.47 Å². The average molecular weight is 539 g/mol. The second kappa shape index (κ2) is 9.71. The maximum Gasteiger partial charge on any atom is 0.412 e. The molecule has 1 atom stereocenters. The minimum atomic E-state index is -0.505. The van der Waals surface area contributed by atoms with Gasteiger partial charge in [0.15, 0.2) is 5.82 Å². The molecule has 9 heteroatoms. The summed E-state index contributed by atoms with van der Waals surface area (Å²) in [4.78, 5) is 34.1. The predicted molar refractivity (Wildman–Crippen MR) is 153 cm³/mol. The van der Waals surface area contributed by atoms with Gasteiger partial charge in [-0.2, -0.15) is 0 Å². The van der Waals surface area contributed by atoms with Crippen LogP contribution in [0.25, 0.3) is 11.1 Å². The third-order valence-electron chi connectivity index (χ3n) is 7.69. The molecule has 1 aliphatic carbocycles. The van der Waals surface area contributed by atoms with E-state index >= 15 is 0 Å². The summed E-state index contributed by atoms with van der Waals surface area (Å²) in [5.41, 5.74) is 2.33. The van der Waals surface area contributed by atoms with Gasteiger partial charge >= 0.3 is 12.2 Å². The molecule has 1 unspecified atom stereocenters.